The monoisotopic (exact) mass is 330 g/mol. The highest BCUT2D eigenvalue weighted by molar-refractivity contribution is 6.24. The minimum atomic E-state index is -1.25. The van der Waals surface area contributed by atoms with Crippen molar-refractivity contribution in [1.29, 1.82) is 0 Å². The molecular weight excluding hydrogens is 316 g/mol. The second-order valence-corrected chi connectivity index (χ2v) is 6.45. The van der Waals surface area contributed by atoms with E-state index in [1.165, 1.54) is 24.3 Å². The molecule has 0 aliphatic carbocycles. The summed E-state index contributed by atoms with van der Waals surface area (Å²) in [5.74, 6) is -2.81. The predicted molar refractivity (Wildman–Crippen MR) is 81.0 cm³/mol. The molecular formula is C16H14N2O6. The molecule has 2 fully saturated rings. The zero-order valence-electron chi connectivity index (χ0n) is 12.7. The molecule has 0 spiro atoms. The van der Waals surface area contributed by atoms with Crippen LogP contribution < -0.4 is 4.90 Å². The summed E-state index contributed by atoms with van der Waals surface area (Å²) < 4.78 is 5.80. The van der Waals surface area contributed by atoms with Crippen molar-refractivity contribution in [3.05, 3.63) is 46.5 Å². The standard InChI is InChI=1S/C16H14N2O6/c1-15-6-7-16(8-19,24-15)12-11(15)13(20)17(14(12)21)9-4-2-3-5-10(9)18(22)23/h2-7,11-12,19H,8H2,1H3. The van der Waals surface area contributed by atoms with E-state index in [9.17, 15) is 24.8 Å². The van der Waals surface area contributed by atoms with Gasteiger partial charge in [-0.2, -0.15) is 0 Å². The number of nitrogens with zero attached hydrogens (tertiary/aromatic N) is 2. The SMILES string of the molecule is CC12C=CC(CO)(O1)C1C(=O)N(c3ccccc3[N+](=O)[O-])C(=O)C12. The lowest BCUT2D eigenvalue weighted by Gasteiger charge is -2.26. The molecule has 4 atom stereocenters. The van der Waals surface area contributed by atoms with Crippen LogP contribution in [0.1, 0.15) is 6.92 Å². The van der Waals surface area contributed by atoms with Crippen molar-refractivity contribution in [3.8, 4) is 0 Å². The number of imide groups is 1. The molecule has 8 nitrogen and oxygen atoms in total. The molecule has 3 heterocycles. The molecule has 0 radical (unpaired) electrons. The van der Waals surface area contributed by atoms with E-state index >= 15 is 0 Å². The molecule has 124 valence electrons. The summed E-state index contributed by atoms with van der Waals surface area (Å²) in [6, 6.07) is 5.62. The van der Waals surface area contributed by atoms with Gasteiger partial charge in [-0.05, 0) is 13.0 Å². The van der Waals surface area contributed by atoms with Crippen molar-refractivity contribution in [3.63, 3.8) is 0 Å². The minimum Gasteiger partial charge on any atom is -0.393 e. The van der Waals surface area contributed by atoms with Crippen molar-refractivity contribution < 1.29 is 24.4 Å². The van der Waals surface area contributed by atoms with E-state index in [1.54, 1.807) is 19.1 Å². The molecule has 0 aromatic heterocycles. The van der Waals surface area contributed by atoms with Crippen molar-refractivity contribution >= 4 is 23.2 Å². The van der Waals surface area contributed by atoms with Gasteiger partial charge in [0.25, 0.3) is 5.69 Å². The number of anilines is 1. The van der Waals surface area contributed by atoms with Gasteiger partial charge in [0, 0.05) is 6.07 Å². The zero-order valence-corrected chi connectivity index (χ0v) is 12.7. The van der Waals surface area contributed by atoms with Crippen LogP contribution in [0.2, 0.25) is 0 Å². The number of nitro benzene ring substituents is 1. The van der Waals surface area contributed by atoms with Gasteiger partial charge in [0.05, 0.1) is 29.0 Å². The fourth-order valence-electron chi connectivity index (χ4n) is 4.09. The predicted octanol–water partition coefficient (Wildman–Crippen LogP) is 0.790. The van der Waals surface area contributed by atoms with E-state index in [4.69, 9.17) is 4.74 Å². The van der Waals surface area contributed by atoms with E-state index < -0.39 is 46.4 Å². The maximum absolute atomic E-state index is 12.9. The third-order valence-corrected chi connectivity index (χ3v) is 5.12. The molecule has 4 unspecified atom stereocenters. The Kier molecular flexibility index (Phi) is 2.80. The summed E-state index contributed by atoms with van der Waals surface area (Å²) in [7, 11) is 0. The summed E-state index contributed by atoms with van der Waals surface area (Å²) in [6.07, 6.45) is 3.29. The Morgan fingerprint density at radius 2 is 1.92 bits per heavy atom. The Bertz CT molecular complexity index is 821. The number of carbonyl (C=O) groups is 2. The van der Waals surface area contributed by atoms with Crippen molar-refractivity contribution in [2.24, 2.45) is 11.8 Å². The number of para-hydroxylation sites is 2. The number of aliphatic hydroxyl groups is 1. The Balaban J connectivity index is 1.85. The lowest BCUT2D eigenvalue weighted by molar-refractivity contribution is -0.384. The first-order valence-electron chi connectivity index (χ1n) is 7.47. The fourth-order valence-corrected chi connectivity index (χ4v) is 4.09. The largest absolute Gasteiger partial charge is 0.393 e. The van der Waals surface area contributed by atoms with Crippen LogP contribution in [0.15, 0.2) is 36.4 Å². The van der Waals surface area contributed by atoms with E-state index in [0.29, 0.717) is 0 Å². The Hall–Kier alpha value is -2.58. The summed E-state index contributed by atoms with van der Waals surface area (Å²) >= 11 is 0. The van der Waals surface area contributed by atoms with Gasteiger partial charge in [-0.3, -0.25) is 19.7 Å². The Morgan fingerprint density at radius 1 is 1.25 bits per heavy atom. The van der Waals surface area contributed by atoms with E-state index in [-0.39, 0.29) is 11.4 Å². The van der Waals surface area contributed by atoms with Crippen LogP contribution in [0.4, 0.5) is 11.4 Å². The summed E-state index contributed by atoms with van der Waals surface area (Å²) in [5.41, 5.74) is -2.62. The van der Waals surface area contributed by atoms with Crippen molar-refractivity contribution in [2.75, 3.05) is 11.5 Å². The van der Waals surface area contributed by atoms with Gasteiger partial charge in [-0.15, -0.1) is 0 Å². The van der Waals surface area contributed by atoms with E-state index in [1.807, 2.05) is 0 Å². The van der Waals surface area contributed by atoms with Crippen LogP contribution in [-0.2, 0) is 14.3 Å². The van der Waals surface area contributed by atoms with Crippen LogP contribution in [-0.4, -0.2) is 39.7 Å². The first-order chi connectivity index (χ1) is 11.3. The van der Waals surface area contributed by atoms with Gasteiger partial charge in [-0.1, -0.05) is 24.3 Å². The zero-order chi connectivity index (χ0) is 17.3. The van der Waals surface area contributed by atoms with Gasteiger partial charge >= 0.3 is 0 Å². The molecule has 3 aliphatic rings. The number of hydrogen-bond donors (Lipinski definition) is 1. The molecule has 2 amide bonds. The number of rotatable bonds is 3. The van der Waals surface area contributed by atoms with E-state index in [0.717, 1.165) is 4.90 Å². The molecule has 0 saturated carbocycles. The Labute approximate surface area is 136 Å². The van der Waals surface area contributed by atoms with Crippen LogP contribution in [0.5, 0.6) is 0 Å². The lowest BCUT2D eigenvalue weighted by atomic mass is 9.73. The topological polar surface area (TPSA) is 110 Å². The van der Waals surface area contributed by atoms with E-state index in [2.05, 4.69) is 0 Å². The minimum absolute atomic E-state index is 0.0528. The van der Waals surface area contributed by atoms with Crippen molar-refractivity contribution in [1.82, 2.24) is 0 Å². The third kappa shape index (κ3) is 1.59. The fraction of sp³-hybridized carbons (Fsp3) is 0.375. The van der Waals surface area contributed by atoms with Crippen molar-refractivity contribution in [2.45, 2.75) is 18.1 Å². The smallest absolute Gasteiger partial charge is 0.293 e. The highest BCUT2D eigenvalue weighted by Gasteiger charge is 2.72. The maximum Gasteiger partial charge on any atom is 0.293 e. The summed E-state index contributed by atoms with van der Waals surface area (Å²) in [4.78, 5) is 37.3. The Morgan fingerprint density at radius 3 is 2.58 bits per heavy atom. The number of benzene rings is 1. The third-order valence-electron chi connectivity index (χ3n) is 5.12. The normalized spacial score (nSPS) is 36.5. The number of carbonyl (C=O) groups excluding carboxylic acids is 2. The summed E-state index contributed by atoms with van der Waals surface area (Å²) in [6.45, 7) is 1.24. The molecule has 3 aliphatic heterocycles. The first kappa shape index (κ1) is 15.0. The molecule has 1 aromatic carbocycles. The number of hydrogen-bond acceptors (Lipinski definition) is 6. The quantitative estimate of drug-likeness (QED) is 0.380. The van der Waals surface area contributed by atoms with Gasteiger partial charge in [0.2, 0.25) is 11.8 Å². The molecule has 2 saturated heterocycles. The van der Waals surface area contributed by atoms with Gasteiger partial charge < -0.3 is 9.84 Å². The number of nitro groups is 1. The first-order valence-corrected chi connectivity index (χ1v) is 7.47. The number of aliphatic hydroxyl groups excluding tert-OH is 1. The number of amides is 2. The average molecular weight is 330 g/mol. The second kappa shape index (κ2) is 4.49. The highest BCUT2D eigenvalue weighted by atomic mass is 16.6. The molecule has 1 aromatic rings. The second-order valence-electron chi connectivity index (χ2n) is 6.45. The molecule has 4 rings (SSSR count). The molecule has 2 bridgehead atoms. The van der Waals surface area contributed by atoms with Crippen LogP contribution in [0.25, 0.3) is 0 Å². The highest BCUT2D eigenvalue weighted by Crippen LogP contribution is 2.57. The summed E-state index contributed by atoms with van der Waals surface area (Å²) in [5, 5.41) is 21.0. The van der Waals surface area contributed by atoms with Gasteiger partial charge in [0.15, 0.2) is 0 Å². The molecule has 1 N–H and O–H groups in total. The lowest BCUT2D eigenvalue weighted by Crippen LogP contribution is -2.43. The average Bonchev–Trinajstić information content (AvgIpc) is 3.13. The molecule has 8 heteroatoms. The van der Waals surface area contributed by atoms with Crippen LogP contribution in [0.3, 0.4) is 0 Å². The number of fused-ring (bicyclic) bond motifs is 5. The number of ether oxygens (including phenoxy) is 1. The van der Waals surface area contributed by atoms with Gasteiger partial charge in [0.1, 0.15) is 11.3 Å². The van der Waals surface area contributed by atoms with Crippen LogP contribution >= 0.6 is 0 Å². The van der Waals surface area contributed by atoms with Crippen LogP contribution in [0, 0.1) is 22.0 Å². The van der Waals surface area contributed by atoms with Gasteiger partial charge in [-0.25, -0.2) is 4.90 Å². The maximum atomic E-state index is 12.9. The molecule has 24 heavy (non-hydrogen) atoms.